The zero-order valence-electron chi connectivity index (χ0n) is 19.5. The molecule has 0 heterocycles. The van der Waals surface area contributed by atoms with Crippen molar-refractivity contribution in [2.45, 2.75) is 58.8 Å². The molecule has 0 atom stereocenters. The molecular weight excluding hydrogens is 410 g/mol. The van der Waals surface area contributed by atoms with Crippen LogP contribution in [0.5, 0.6) is 0 Å². The van der Waals surface area contributed by atoms with E-state index in [-0.39, 0.29) is 11.6 Å². The lowest BCUT2D eigenvalue weighted by molar-refractivity contribution is 0.593. The van der Waals surface area contributed by atoms with Gasteiger partial charge in [0, 0.05) is 22.3 Å². The van der Waals surface area contributed by atoms with E-state index < -0.39 is 0 Å². The number of hydrogen-bond donors (Lipinski definition) is 0. The number of rotatable bonds is 7. The van der Waals surface area contributed by atoms with Gasteiger partial charge in [-0.25, -0.2) is 8.78 Å². The van der Waals surface area contributed by atoms with Crippen LogP contribution in [-0.2, 0) is 12.8 Å². The Hall–Kier alpha value is -3.36. The van der Waals surface area contributed by atoms with Crippen molar-refractivity contribution in [3.8, 4) is 23.7 Å². The minimum absolute atomic E-state index is 0.178. The molecule has 0 aliphatic heterocycles. The molecule has 3 aromatic carbocycles. The Morgan fingerprint density at radius 1 is 0.515 bits per heavy atom. The van der Waals surface area contributed by atoms with Crippen molar-refractivity contribution in [1.82, 2.24) is 0 Å². The lowest BCUT2D eigenvalue weighted by Crippen LogP contribution is -1.92. The lowest BCUT2D eigenvalue weighted by Gasteiger charge is -2.03. The van der Waals surface area contributed by atoms with E-state index in [2.05, 4.69) is 30.6 Å². The fourth-order valence-electron chi connectivity index (χ4n) is 3.59. The highest BCUT2D eigenvalue weighted by Gasteiger charge is 2.03. The van der Waals surface area contributed by atoms with Crippen LogP contribution in [0.1, 0.15) is 79.3 Å². The Labute approximate surface area is 197 Å². The molecule has 0 fully saturated rings. The second-order valence-electron chi connectivity index (χ2n) is 8.25. The van der Waals surface area contributed by atoms with E-state index in [0.717, 1.165) is 54.4 Å². The van der Waals surface area contributed by atoms with Gasteiger partial charge in [-0.3, -0.25) is 0 Å². The maximum absolute atomic E-state index is 14.3. The van der Waals surface area contributed by atoms with Gasteiger partial charge in [0.05, 0.1) is 0 Å². The van der Waals surface area contributed by atoms with E-state index >= 15 is 0 Å². The maximum Gasteiger partial charge on any atom is 0.127 e. The van der Waals surface area contributed by atoms with E-state index in [9.17, 15) is 8.78 Å². The maximum atomic E-state index is 14.3. The summed E-state index contributed by atoms with van der Waals surface area (Å²) in [5.74, 6) is 11.8. The fourth-order valence-corrected chi connectivity index (χ4v) is 3.59. The van der Waals surface area contributed by atoms with Crippen molar-refractivity contribution in [1.29, 1.82) is 0 Å². The first kappa shape index (κ1) is 24.3. The van der Waals surface area contributed by atoms with E-state index in [1.807, 2.05) is 55.5 Å². The second-order valence-corrected chi connectivity index (χ2v) is 8.25. The smallest absolute Gasteiger partial charge is 0.127 e. The van der Waals surface area contributed by atoms with Gasteiger partial charge in [0.15, 0.2) is 0 Å². The predicted molar refractivity (Wildman–Crippen MR) is 133 cm³/mol. The quantitative estimate of drug-likeness (QED) is 0.259. The average Bonchev–Trinajstić information content (AvgIpc) is 2.82. The highest BCUT2D eigenvalue weighted by molar-refractivity contribution is 5.48. The zero-order valence-corrected chi connectivity index (χ0v) is 19.5. The Bertz CT molecular complexity index is 1180. The number of unbranched alkanes of at least 4 members (excludes halogenated alkanes) is 3. The number of hydrogen-bond acceptors (Lipinski definition) is 0. The van der Waals surface area contributed by atoms with Crippen molar-refractivity contribution in [3.63, 3.8) is 0 Å². The lowest BCUT2D eigenvalue weighted by atomic mass is 10.0. The molecule has 0 saturated carbocycles. The monoisotopic (exact) mass is 440 g/mol. The summed E-state index contributed by atoms with van der Waals surface area (Å²) in [6.45, 7) is 4.20. The van der Waals surface area contributed by atoms with Crippen molar-refractivity contribution in [3.05, 3.63) is 106 Å². The van der Waals surface area contributed by atoms with E-state index in [4.69, 9.17) is 0 Å². The van der Waals surface area contributed by atoms with E-state index in [1.165, 1.54) is 25.0 Å². The fraction of sp³-hybridized carbons (Fsp3) is 0.290. The summed E-state index contributed by atoms with van der Waals surface area (Å²) in [4.78, 5) is 0. The molecular formula is C31H30F2. The molecule has 0 aliphatic rings. The summed E-state index contributed by atoms with van der Waals surface area (Å²) in [6.07, 6.45) is 6.95. The van der Waals surface area contributed by atoms with Gasteiger partial charge in [-0.2, -0.15) is 0 Å². The van der Waals surface area contributed by atoms with Crippen LogP contribution in [0.15, 0.2) is 60.7 Å². The van der Waals surface area contributed by atoms with Gasteiger partial charge in [-0.15, -0.1) is 0 Å². The number of aryl methyl sites for hydroxylation is 2. The van der Waals surface area contributed by atoms with Crippen molar-refractivity contribution in [2.75, 3.05) is 0 Å². The minimum Gasteiger partial charge on any atom is -0.207 e. The van der Waals surface area contributed by atoms with E-state index in [0.29, 0.717) is 11.1 Å². The minimum atomic E-state index is -0.199. The largest absolute Gasteiger partial charge is 0.207 e. The van der Waals surface area contributed by atoms with Crippen LogP contribution in [0.3, 0.4) is 0 Å². The van der Waals surface area contributed by atoms with Crippen molar-refractivity contribution >= 4 is 0 Å². The molecule has 168 valence electrons. The van der Waals surface area contributed by atoms with Gasteiger partial charge in [0.2, 0.25) is 0 Å². The average molecular weight is 441 g/mol. The summed E-state index contributed by atoms with van der Waals surface area (Å²) >= 11 is 0. The first-order chi connectivity index (χ1) is 16.1. The highest BCUT2D eigenvalue weighted by Crippen LogP contribution is 2.15. The molecule has 0 aromatic heterocycles. The Balaban J connectivity index is 1.62. The first-order valence-corrected chi connectivity index (χ1v) is 11.8. The molecule has 0 N–H and O–H groups in total. The molecule has 0 nitrogen and oxygen atoms in total. The SMILES string of the molecule is CCCCCCc1ccc(C#Cc2ccc(C#Cc3ccc(CCC)c(F)c3)cc2)cc1F. The molecule has 0 unspecified atom stereocenters. The summed E-state index contributed by atoms with van der Waals surface area (Å²) in [6, 6.07) is 18.0. The summed E-state index contributed by atoms with van der Waals surface area (Å²) in [5.41, 5.74) is 4.48. The summed E-state index contributed by atoms with van der Waals surface area (Å²) in [5, 5.41) is 0. The summed E-state index contributed by atoms with van der Waals surface area (Å²) < 4.78 is 28.4. The molecule has 0 radical (unpaired) electrons. The molecule has 0 bridgehead atoms. The van der Waals surface area contributed by atoms with E-state index in [1.54, 1.807) is 0 Å². The van der Waals surface area contributed by atoms with Crippen molar-refractivity contribution in [2.24, 2.45) is 0 Å². The zero-order chi connectivity index (χ0) is 23.5. The third-order valence-electron chi connectivity index (χ3n) is 5.51. The molecule has 3 aromatic rings. The molecule has 0 aliphatic carbocycles. The van der Waals surface area contributed by atoms with Crippen LogP contribution in [-0.4, -0.2) is 0 Å². The molecule has 33 heavy (non-hydrogen) atoms. The highest BCUT2D eigenvalue weighted by atomic mass is 19.1. The predicted octanol–water partition coefficient (Wildman–Crippen LogP) is 7.84. The van der Waals surface area contributed by atoms with Crippen LogP contribution in [0.4, 0.5) is 8.78 Å². The van der Waals surface area contributed by atoms with Gasteiger partial charge in [0.25, 0.3) is 0 Å². The second kappa shape index (κ2) is 12.6. The molecule has 0 amide bonds. The Kier molecular flexibility index (Phi) is 9.29. The van der Waals surface area contributed by atoms with Gasteiger partial charge < -0.3 is 0 Å². The molecule has 0 saturated heterocycles. The van der Waals surface area contributed by atoms with Gasteiger partial charge in [-0.1, -0.05) is 75.3 Å². The van der Waals surface area contributed by atoms with Gasteiger partial charge >= 0.3 is 0 Å². The number of halogens is 2. The van der Waals surface area contributed by atoms with Crippen LogP contribution < -0.4 is 0 Å². The van der Waals surface area contributed by atoms with Crippen LogP contribution in [0, 0.1) is 35.3 Å². The third kappa shape index (κ3) is 7.62. The Morgan fingerprint density at radius 2 is 0.970 bits per heavy atom. The first-order valence-electron chi connectivity index (χ1n) is 11.8. The van der Waals surface area contributed by atoms with Crippen LogP contribution in [0.25, 0.3) is 0 Å². The van der Waals surface area contributed by atoms with Crippen molar-refractivity contribution < 1.29 is 8.78 Å². The number of benzene rings is 3. The van der Waals surface area contributed by atoms with Crippen LogP contribution >= 0.6 is 0 Å². The molecule has 3 rings (SSSR count). The summed E-state index contributed by atoms with van der Waals surface area (Å²) in [7, 11) is 0. The Morgan fingerprint density at radius 3 is 1.42 bits per heavy atom. The third-order valence-corrected chi connectivity index (χ3v) is 5.51. The standard InChI is InChI=1S/C31H30F2/c1-3-5-6-7-9-29-21-19-27(23-31(29)33)17-15-25-12-10-24(11-13-25)14-16-26-18-20-28(8-4-2)30(32)22-26/h10-13,18-23H,3-9H2,1-2H3. The van der Waals surface area contributed by atoms with Gasteiger partial charge in [0.1, 0.15) is 11.6 Å². The molecule has 0 spiro atoms. The molecule has 2 heteroatoms. The topological polar surface area (TPSA) is 0 Å². The van der Waals surface area contributed by atoms with Gasteiger partial charge in [-0.05, 0) is 78.9 Å². The normalized spacial score (nSPS) is 10.2. The van der Waals surface area contributed by atoms with Crippen LogP contribution in [0.2, 0.25) is 0 Å².